The van der Waals surface area contributed by atoms with Crippen LogP contribution in [0.15, 0.2) is 18.2 Å². The van der Waals surface area contributed by atoms with E-state index in [-0.39, 0.29) is 11.9 Å². The molecule has 0 spiro atoms. The molecule has 1 fully saturated rings. The molecule has 8 heteroatoms. The summed E-state index contributed by atoms with van der Waals surface area (Å²) in [4.78, 5) is 25.5. The van der Waals surface area contributed by atoms with Crippen LogP contribution >= 0.6 is 12.2 Å². The molecule has 0 aromatic heterocycles. The van der Waals surface area contributed by atoms with Crippen LogP contribution < -0.4 is 20.3 Å². The summed E-state index contributed by atoms with van der Waals surface area (Å²) < 4.78 is 10.5. The molecule has 1 atom stereocenters. The van der Waals surface area contributed by atoms with Gasteiger partial charge in [0.15, 0.2) is 5.11 Å². The van der Waals surface area contributed by atoms with Gasteiger partial charge >= 0.3 is 6.09 Å². The maximum Gasteiger partial charge on any atom is 0.412 e. The third kappa shape index (κ3) is 3.94. The van der Waals surface area contributed by atoms with Crippen LogP contribution in [0.2, 0.25) is 0 Å². The van der Waals surface area contributed by atoms with E-state index in [1.165, 1.54) is 12.0 Å². The molecule has 2 rings (SSSR count). The lowest BCUT2D eigenvalue weighted by Gasteiger charge is -2.21. The van der Waals surface area contributed by atoms with Crippen LogP contribution in [0.25, 0.3) is 0 Å². The number of ether oxygens (including phenoxy) is 2. The zero-order valence-electron chi connectivity index (χ0n) is 14.3. The molecule has 1 saturated heterocycles. The fourth-order valence-electron chi connectivity index (χ4n) is 2.19. The first-order chi connectivity index (χ1) is 11.1. The van der Waals surface area contributed by atoms with Crippen LogP contribution in [0.4, 0.5) is 16.2 Å². The third-order valence-electron chi connectivity index (χ3n) is 3.21. The number of anilines is 2. The number of carbonyl (C=O) groups excluding carboxylic acids is 2. The fourth-order valence-corrected chi connectivity index (χ4v) is 2.56. The number of rotatable bonds is 3. The summed E-state index contributed by atoms with van der Waals surface area (Å²) in [6.07, 6.45) is -0.586. The summed E-state index contributed by atoms with van der Waals surface area (Å²) in [5.41, 5.74) is 0.398. The molecule has 0 aliphatic carbocycles. The topological polar surface area (TPSA) is 79.9 Å². The van der Waals surface area contributed by atoms with E-state index in [4.69, 9.17) is 21.7 Å². The zero-order chi connectivity index (χ0) is 18.1. The van der Waals surface area contributed by atoms with Gasteiger partial charge in [-0.3, -0.25) is 15.0 Å². The van der Waals surface area contributed by atoms with Gasteiger partial charge in [0.05, 0.1) is 18.5 Å². The molecule has 0 radical (unpaired) electrons. The Kier molecular flexibility index (Phi) is 4.98. The summed E-state index contributed by atoms with van der Waals surface area (Å²) in [5, 5.41) is 5.87. The summed E-state index contributed by atoms with van der Waals surface area (Å²) in [6.45, 7) is 7.08. The Hall–Kier alpha value is -2.35. The first kappa shape index (κ1) is 18.0. The van der Waals surface area contributed by atoms with Crippen molar-refractivity contribution in [3.63, 3.8) is 0 Å². The molecule has 2 N–H and O–H groups in total. The van der Waals surface area contributed by atoms with Gasteiger partial charge in [-0.05, 0) is 52.0 Å². The van der Waals surface area contributed by atoms with E-state index in [1.54, 1.807) is 45.9 Å². The Morgan fingerprint density at radius 2 is 2.04 bits per heavy atom. The largest absolute Gasteiger partial charge is 0.494 e. The van der Waals surface area contributed by atoms with Crippen molar-refractivity contribution in [1.29, 1.82) is 0 Å². The molecule has 1 aliphatic rings. The van der Waals surface area contributed by atoms with Crippen LogP contribution in [0.3, 0.4) is 0 Å². The van der Waals surface area contributed by atoms with Gasteiger partial charge in [-0.2, -0.15) is 0 Å². The highest BCUT2D eigenvalue weighted by atomic mass is 32.1. The smallest absolute Gasteiger partial charge is 0.412 e. The van der Waals surface area contributed by atoms with Crippen LogP contribution in [0.5, 0.6) is 5.75 Å². The normalized spacial score (nSPS) is 17.5. The molecule has 1 aromatic carbocycles. The van der Waals surface area contributed by atoms with Crippen molar-refractivity contribution in [2.24, 2.45) is 0 Å². The number of benzene rings is 1. The summed E-state index contributed by atoms with van der Waals surface area (Å²) in [7, 11) is 1.48. The van der Waals surface area contributed by atoms with Crippen molar-refractivity contribution in [2.75, 3.05) is 17.3 Å². The first-order valence-corrected chi connectivity index (χ1v) is 7.85. The first-order valence-electron chi connectivity index (χ1n) is 7.45. The monoisotopic (exact) mass is 351 g/mol. The second kappa shape index (κ2) is 6.64. The molecular formula is C16H21N3O4S. The predicted octanol–water partition coefficient (Wildman–Crippen LogP) is 2.65. The van der Waals surface area contributed by atoms with Crippen LogP contribution in [-0.4, -0.2) is 35.9 Å². The SMILES string of the molecule is COc1cc(N2C(=O)[C@H](C)NC2=S)ccc1NC(=O)OC(C)(C)C. The summed E-state index contributed by atoms with van der Waals surface area (Å²) >= 11 is 5.18. The van der Waals surface area contributed by atoms with Gasteiger partial charge in [0, 0.05) is 6.07 Å². The molecule has 130 valence electrons. The van der Waals surface area contributed by atoms with E-state index in [2.05, 4.69) is 10.6 Å². The second-order valence-electron chi connectivity index (χ2n) is 6.36. The van der Waals surface area contributed by atoms with Gasteiger partial charge in [0.2, 0.25) is 0 Å². The standard InChI is InChI=1S/C16H21N3O4S/c1-9-13(20)19(14(24)17-9)10-6-7-11(12(8-10)22-5)18-15(21)23-16(2,3)4/h6-9H,1-5H3,(H,17,24)(H,18,21)/t9-/m0/s1. The Morgan fingerprint density at radius 1 is 1.38 bits per heavy atom. The van der Waals surface area contributed by atoms with Crippen molar-refractivity contribution < 1.29 is 19.1 Å². The molecule has 2 amide bonds. The highest BCUT2D eigenvalue weighted by Gasteiger charge is 2.33. The van der Waals surface area contributed by atoms with Gasteiger partial charge in [0.25, 0.3) is 5.91 Å². The molecule has 7 nitrogen and oxygen atoms in total. The van der Waals surface area contributed by atoms with E-state index in [1.807, 2.05) is 0 Å². The fraction of sp³-hybridized carbons (Fsp3) is 0.438. The zero-order valence-corrected chi connectivity index (χ0v) is 15.1. The Morgan fingerprint density at radius 3 is 2.54 bits per heavy atom. The van der Waals surface area contributed by atoms with Gasteiger partial charge in [-0.1, -0.05) is 0 Å². The van der Waals surface area contributed by atoms with Crippen molar-refractivity contribution in [3.8, 4) is 5.75 Å². The highest BCUT2D eigenvalue weighted by Crippen LogP contribution is 2.31. The Labute approximate surface area is 146 Å². The Balaban J connectivity index is 2.24. The van der Waals surface area contributed by atoms with Crippen molar-refractivity contribution in [3.05, 3.63) is 18.2 Å². The van der Waals surface area contributed by atoms with Crippen LogP contribution in [0.1, 0.15) is 27.7 Å². The molecule has 1 aromatic rings. The van der Waals surface area contributed by atoms with E-state index >= 15 is 0 Å². The number of nitrogens with zero attached hydrogens (tertiary/aromatic N) is 1. The Bertz CT molecular complexity index is 684. The van der Waals surface area contributed by atoms with E-state index < -0.39 is 11.7 Å². The summed E-state index contributed by atoms with van der Waals surface area (Å²) in [6, 6.07) is 4.58. The lowest BCUT2D eigenvalue weighted by Crippen LogP contribution is -2.30. The number of hydrogen-bond acceptors (Lipinski definition) is 5. The number of thiocarbonyl (C=S) groups is 1. The number of carbonyl (C=O) groups is 2. The quantitative estimate of drug-likeness (QED) is 0.815. The lowest BCUT2D eigenvalue weighted by molar-refractivity contribution is -0.117. The van der Waals surface area contributed by atoms with Gasteiger partial charge in [-0.25, -0.2) is 4.79 Å². The van der Waals surface area contributed by atoms with Gasteiger partial charge < -0.3 is 14.8 Å². The maximum absolute atomic E-state index is 12.2. The van der Waals surface area contributed by atoms with E-state index in [9.17, 15) is 9.59 Å². The molecular weight excluding hydrogens is 330 g/mol. The van der Waals surface area contributed by atoms with E-state index in [0.717, 1.165) is 0 Å². The molecule has 1 heterocycles. The van der Waals surface area contributed by atoms with Crippen molar-refractivity contribution in [2.45, 2.75) is 39.3 Å². The summed E-state index contributed by atoms with van der Waals surface area (Å²) in [5.74, 6) is 0.253. The van der Waals surface area contributed by atoms with Gasteiger partial charge in [0.1, 0.15) is 17.4 Å². The van der Waals surface area contributed by atoms with Crippen LogP contribution in [0, 0.1) is 0 Å². The number of methoxy groups -OCH3 is 1. The van der Waals surface area contributed by atoms with Gasteiger partial charge in [-0.15, -0.1) is 0 Å². The maximum atomic E-state index is 12.2. The van der Waals surface area contributed by atoms with E-state index in [0.29, 0.717) is 22.2 Å². The average Bonchev–Trinajstić information content (AvgIpc) is 2.71. The minimum atomic E-state index is -0.604. The minimum absolute atomic E-state index is 0.144. The van der Waals surface area contributed by atoms with Crippen LogP contribution in [-0.2, 0) is 9.53 Å². The third-order valence-corrected chi connectivity index (χ3v) is 3.51. The number of hydrogen-bond donors (Lipinski definition) is 2. The van der Waals surface area contributed by atoms with Crippen molar-refractivity contribution >= 4 is 40.7 Å². The second-order valence-corrected chi connectivity index (χ2v) is 6.74. The lowest BCUT2D eigenvalue weighted by atomic mass is 10.2. The molecule has 1 aliphatic heterocycles. The molecule has 0 saturated carbocycles. The van der Waals surface area contributed by atoms with Crippen molar-refractivity contribution in [1.82, 2.24) is 5.32 Å². The molecule has 0 unspecified atom stereocenters. The minimum Gasteiger partial charge on any atom is -0.494 e. The molecule has 24 heavy (non-hydrogen) atoms. The average molecular weight is 351 g/mol. The predicted molar refractivity (Wildman–Crippen MR) is 95.5 cm³/mol. The highest BCUT2D eigenvalue weighted by molar-refractivity contribution is 7.80. The molecule has 0 bridgehead atoms. The number of nitrogens with one attached hydrogen (secondary N) is 2. The number of amides is 2.